The van der Waals surface area contributed by atoms with E-state index in [0.717, 1.165) is 6.54 Å². The molecule has 0 spiro atoms. The van der Waals surface area contributed by atoms with Crippen molar-refractivity contribution in [3.8, 4) is 0 Å². The monoisotopic (exact) mass is 264 g/mol. The van der Waals surface area contributed by atoms with Crippen LogP contribution in [0.5, 0.6) is 0 Å². The second kappa shape index (κ2) is 6.53. The van der Waals surface area contributed by atoms with E-state index in [2.05, 4.69) is 35.5 Å². The van der Waals surface area contributed by atoms with Crippen molar-refractivity contribution in [1.82, 2.24) is 20.0 Å². The lowest BCUT2D eigenvalue weighted by molar-refractivity contribution is 0.112. The van der Waals surface area contributed by atoms with Gasteiger partial charge in [0.1, 0.15) is 0 Å². The van der Waals surface area contributed by atoms with E-state index in [1.54, 1.807) is 0 Å². The van der Waals surface area contributed by atoms with Gasteiger partial charge in [-0.3, -0.25) is 4.68 Å². The van der Waals surface area contributed by atoms with Crippen molar-refractivity contribution in [1.29, 1.82) is 0 Å². The van der Waals surface area contributed by atoms with Crippen LogP contribution >= 0.6 is 0 Å². The van der Waals surface area contributed by atoms with Crippen molar-refractivity contribution in [3.05, 3.63) is 18.0 Å². The highest BCUT2D eigenvalue weighted by molar-refractivity contribution is 5.03. The predicted molar refractivity (Wildman–Crippen MR) is 79.0 cm³/mol. The summed E-state index contributed by atoms with van der Waals surface area (Å²) in [5.41, 5.74) is 1.84. The smallest absolute Gasteiger partial charge is 0.0534 e. The van der Waals surface area contributed by atoms with Gasteiger partial charge in [0.2, 0.25) is 0 Å². The summed E-state index contributed by atoms with van der Waals surface area (Å²) in [5.74, 6) is 0. The second-order valence-electron chi connectivity index (χ2n) is 6.19. The standard InChI is InChI=1S/C15H28N4/c1-4-5-15(6-8-16-9-7-15)13-18(2)11-14-10-17-19(3)12-14/h10,12,16H,4-9,11,13H2,1-3H3. The molecule has 0 unspecified atom stereocenters. The zero-order valence-corrected chi connectivity index (χ0v) is 12.7. The SMILES string of the molecule is CCCC1(CN(C)Cc2cnn(C)c2)CCNCC1. The van der Waals surface area contributed by atoms with Gasteiger partial charge < -0.3 is 10.2 Å². The summed E-state index contributed by atoms with van der Waals surface area (Å²) in [7, 11) is 4.22. The van der Waals surface area contributed by atoms with E-state index < -0.39 is 0 Å². The van der Waals surface area contributed by atoms with Crippen LogP contribution in [0.25, 0.3) is 0 Å². The van der Waals surface area contributed by atoms with Crippen LogP contribution in [0.15, 0.2) is 12.4 Å². The Morgan fingerprint density at radius 3 is 2.74 bits per heavy atom. The average Bonchev–Trinajstić information content (AvgIpc) is 2.75. The van der Waals surface area contributed by atoms with Crippen molar-refractivity contribution < 1.29 is 0 Å². The molecule has 1 aliphatic heterocycles. The molecule has 0 saturated carbocycles. The van der Waals surface area contributed by atoms with Gasteiger partial charge in [-0.05, 0) is 44.8 Å². The minimum Gasteiger partial charge on any atom is -0.317 e. The number of piperidine rings is 1. The van der Waals surface area contributed by atoms with E-state index in [-0.39, 0.29) is 0 Å². The van der Waals surface area contributed by atoms with Gasteiger partial charge in [0, 0.05) is 31.9 Å². The maximum absolute atomic E-state index is 4.25. The van der Waals surface area contributed by atoms with Crippen LogP contribution in [-0.2, 0) is 13.6 Å². The summed E-state index contributed by atoms with van der Waals surface area (Å²) in [6.45, 7) is 6.89. The Morgan fingerprint density at radius 2 is 2.16 bits per heavy atom. The van der Waals surface area contributed by atoms with E-state index in [1.165, 1.54) is 50.9 Å². The molecule has 0 aliphatic carbocycles. The average molecular weight is 264 g/mol. The molecule has 0 aromatic carbocycles. The molecular weight excluding hydrogens is 236 g/mol. The molecule has 108 valence electrons. The number of nitrogens with zero attached hydrogens (tertiary/aromatic N) is 3. The maximum atomic E-state index is 4.25. The molecule has 2 heterocycles. The number of aryl methyl sites for hydroxylation is 1. The molecule has 1 N–H and O–H groups in total. The minimum atomic E-state index is 0.525. The summed E-state index contributed by atoms with van der Waals surface area (Å²) < 4.78 is 1.88. The van der Waals surface area contributed by atoms with Crippen LogP contribution < -0.4 is 5.32 Å². The first kappa shape index (κ1) is 14.5. The van der Waals surface area contributed by atoms with Crippen LogP contribution in [0.4, 0.5) is 0 Å². The number of hydrogen-bond acceptors (Lipinski definition) is 3. The molecule has 4 heteroatoms. The Bertz CT molecular complexity index is 374. The quantitative estimate of drug-likeness (QED) is 0.853. The molecule has 1 fully saturated rings. The van der Waals surface area contributed by atoms with Gasteiger partial charge in [0.25, 0.3) is 0 Å². The highest BCUT2D eigenvalue weighted by atomic mass is 15.2. The summed E-state index contributed by atoms with van der Waals surface area (Å²) in [4.78, 5) is 2.47. The molecule has 0 radical (unpaired) electrons. The topological polar surface area (TPSA) is 33.1 Å². The zero-order valence-electron chi connectivity index (χ0n) is 12.7. The maximum Gasteiger partial charge on any atom is 0.0534 e. The third-order valence-corrected chi connectivity index (χ3v) is 4.26. The van der Waals surface area contributed by atoms with Gasteiger partial charge in [-0.15, -0.1) is 0 Å². The lowest BCUT2D eigenvalue weighted by Gasteiger charge is -2.40. The van der Waals surface area contributed by atoms with Gasteiger partial charge >= 0.3 is 0 Å². The lowest BCUT2D eigenvalue weighted by Crippen LogP contribution is -2.43. The van der Waals surface area contributed by atoms with Gasteiger partial charge in [-0.2, -0.15) is 5.10 Å². The number of hydrogen-bond donors (Lipinski definition) is 1. The van der Waals surface area contributed by atoms with Crippen molar-refractivity contribution in [2.24, 2.45) is 12.5 Å². The van der Waals surface area contributed by atoms with Gasteiger partial charge in [0.05, 0.1) is 6.20 Å². The summed E-state index contributed by atoms with van der Waals surface area (Å²) in [6, 6.07) is 0. The minimum absolute atomic E-state index is 0.525. The third-order valence-electron chi connectivity index (χ3n) is 4.26. The Morgan fingerprint density at radius 1 is 1.42 bits per heavy atom. The van der Waals surface area contributed by atoms with E-state index >= 15 is 0 Å². The normalized spacial score (nSPS) is 18.9. The molecule has 0 atom stereocenters. The van der Waals surface area contributed by atoms with E-state index in [1.807, 2.05) is 17.9 Å². The molecule has 1 aromatic heterocycles. The number of rotatable bonds is 6. The molecule has 1 aromatic rings. The fourth-order valence-electron chi connectivity index (χ4n) is 3.47. The first-order valence-electron chi connectivity index (χ1n) is 7.50. The van der Waals surface area contributed by atoms with Gasteiger partial charge in [-0.1, -0.05) is 13.3 Å². The molecule has 1 aliphatic rings. The molecule has 19 heavy (non-hydrogen) atoms. The first-order chi connectivity index (χ1) is 9.13. The largest absolute Gasteiger partial charge is 0.317 e. The van der Waals surface area contributed by atoms with Gasteiger partial charge in [-0.25, -0.2) is 0 Å². The zero-order chi connectivity index (χ0) is 13.7. The summed E-state index contributed by atoms with van der Waals surface area (Å²) >= 11 is 0. The molecule has 2 rings (SSSR count). The van der Waals surface area contributed by atoms with Crippen LogP contribution in [0, 0.1) is 5.41 Å². The summed E-state index contributed by atoms with van der Waals surface area (Å²) in [6.07, 6.45) is 9.38. The molecule has 4 nitrogen and oxygen atoms in total. The lowest BCUT2D eigenvalue weighted by atomic mass is 9.75. The second-order valence-corrected chi connectivity index (χ2v) is 6.19. The Balaban J connectivity index is 1.92. The number of nitrogens with one attached hydrogen (secondary N) is 1. The fraction of sp³-hybridized carbons (Fsp3) is 0.800. The fourth-order valence-corrected chi connectivity index (χ4v) is 3.47. The molecule has 0 bridgehead atoms. The van der Waals surface area contributed by atoms with E-state index in [0.29, 0.717) is 5.41 Å². The van der Waals surface area contributed by atoms with Crippen LogP contribution in [0.2, 0.25) is 0 Å². The molecule has 0 amide bonds. The van der Waals surface area contributed by atoms with Crippen molar-refractivity contribution in [2.45, 2.75) is 39.2 Å². The summed E-state index contributed by atoms with van der Waals surface area (Å²) in [5, 5.41) is 7.74. The van der Waals surface area contributed by atoms with E-state index in [9.17, 15) is 0 Å². The van der Waals surface area contributed by atoms with Crippen LogP contribution in [-0.4, -0.2) is 41.4 Å². The molecule has 1 saturated heterocycles. The first-order valence-corrected chi connectivity index (χ1v) is 7.50. The number of aromatic nitrogens is 2. The predicted octanol–water partition coefficient (Wildman–Crippen LogP) is 2.02. The Labute approximate surface area is 117 Å². The van der Waals surface area contributed by atoms with Crippen molar-refractivity contribution >= 4 is 0 Å². The van der Waals surface area contributed by atoms with Crippen molar-refractivity contribution in [3.63, 3.8) is 0 Å². The Hall–Kier alpha value is -0.870. The Kier molecular flexibility index (Phi) is 4.99. The van der Waals surface area contributed by atoms with E-state index in [4.69, 9.17) is 0 Å². The van der Waals surface area contributed by atoms with Crippen LogP contribution in [0.1, 0.15) is 38.2 Å². The third kappa shape index (κ3) is 4.05. The van der Waals surface area contributed by atoms with Gasteiger partial charge in [0.15, 0.2) is 0 Å². The van der Waals surface area contributed by atoms with Crippen LogP contribution in [0.3, 0.4) is 0 Å². The highest BCUT2D eigenvalue weighted by Crippen LogP contribution is 2.34. The highest BCUT2D eigenvalue weighted by Gasteiger charge is 2.32. The molecular formula is C15H28N4. The van der Waals surface area contributed by atoms with Crippen molar-refractivity contribution in [2.75, 3.05) is 26.7 Å².